The Kier molecular flexibility index (Phi) is 4.57. The normalized spacial score (nSPS) is 12.3. The maximum atomic E-state index is 12.6. The lowest BCUT2D eigenvalue weighted by molar-refractivity contribution is -0.137. The van der Waals surface area contributed by atoms with Gasteiger partial charge in [0.1, 0.15) is 0 Å². The van der Waals surface area contributed by atoms with E-state index in [1.54, 1.807) is 0 Å². The molecule has 0 radical (unpaired) electrons. The van der Waals surface area contributed by atoms with Gasteiger partial charge in [-0.3, -0.25) is 4.79 Å². The van der Waals surface area contributed by atoms with Crippen molar-refractivity contribution in [1.29, 1.82) is 0 Å². The molecule has 1 rings (SSSR count). The van der Waals surface area contributed by atoms with E-state index in [0.717, 1.165) is 12.1 Å². The molecule has 1 aromatic rings. The molecule has 0 bridgehead atoms. The molecule has 19 heavy (non-hydrogen) atoms. The van der Waals surface area contributed by atoms with Gasteiger partial charge >= 0.3 is 6.18 Å². The largest absolute Gasteiger partial charge is 0.416 e. The number of hydrogen-bond donors (Lipinski definition) is 2. The summed E-state index contributed by atoms with van der Waals surface area (Å²) in [6, 6.07) is 4.69. The first-order chi connectivity index (χ1) is 8.69. The van der Waals surface area contributed by atoms with Crippen LogP contribution in [-0.2, 0) is 16.4 Å². The Bertz CT molecular complexity index is 455. The van der Waals surface area contributed by atoms with Crippen molar-refractivity contribution < 1.29 is 23.1 Å². The van der Waals surface area contributed by atoms with Crippen LogP contribution < -0.4 is 5.32 Å². The highest BCUT2D eigenvalue weighted by molar-refractivity contribution is 5.87. The molecule has 0 aromatic heterocycles. The molecule has 0 unspecified atom stereocenters. The van der Waals surface area contributed by atoms with E-state index in [4.69, 9.17) is 5.11 Å². The van der Waals surface area contributed by atoms with Gasteiger partial charge in [0, 0.05) is 6.54 Å². The number of carbonyl (C=O) groups is 1. The van der Waals surface area contributed by atoms with E-state index in [9.17, 15) is 18.0 Å². The van der Waals surface area contributed by atoms with E-state index < -0.39 is 23.1 Å². The maximum Gasteiger partial charge on any atom is 0.416 e. The number of hydrogen-bond acceptors (Lipinski definition) is 2. The number of aliphatic hydroxyl groups excluding tert-OH is 1. The van der Waals surface area contributed by atoms with E-state index in [1.807, 2.05) is 0 Å². The van der Waals surface area contributed by atoms with Crippen LogP contribution in [0.4, 0.5) is 13.2 Å². The highest BCUT2D eigenvalue weighted by Crippen LogP contribution is 2.32. The van der Waals surface area contributed by atoms with Gasteiger partial charge in [-0.2, -0.15) is 13.2 Å². The van der Waals surface area contributed by atoms with Crippen molar-refractivity contribution in [2.24, 2.45) is 0 Å². The smallest absolute Gasteiger partial charge is 0.395 e. The average Bonchev–Trinajstić information content (AvgIpc) is 2.35. The molecule has 0 heterocycles. The van der Waals surface area contributed by atoms with Crippen LogP contribution in [0.15, 0.2) is 24.3 Å². The number of halogens is 3. The van der Waals surface area contributed by atoms with Gasteiger partial charge in [0.05, 0.1) is 17.6 Å². The number of benzene rings is 1. The zero-order valence-electron chi connectivity index (χ0n) is 10.7. The third-order valence-corrected chi connectivity index (χ3v) is 2.88. The van der Waals surface area contributed by atoms with Crippen LogP contribution in [0, 0.1) is 0 Å². The van der Waals surface area contributed by atoms with Crippen LogP contribution in [0.25, 0.3) is 0 Å². The molecular weight excluding hydrogens is 259 g/mol. The van der Waals surface area contributed by atoms with Crippen molar-refractivity contribution in [2.45, 2.75) is 25.4 Å². The Morgan fingerprint density at radius 3 is 2.37 bits per heavy atom. The van der Waals surface area contributed by atoms with Crippen LogP contribution >= 0.6 is 0 Å². The van der Waals surface area contributed by atoms with Gasteiger partial charge in [0.2, 0.25) is 5.91 Å². The molecule has 2 N–H and O–H groups in total. The number of aliphatic hydroxyl groups is 1. The predicted octanol–water partition coefficient (Wildman–Crippen LogP) is 2.09. The Hall–Kier alpha value is -1.56. The maximum absolute atomic E-state index is 12.6. The Labute approximate surface area is 109 Å². The van der Waals surface area contributed by atoms with E-state index in [2.05, 4.69) is 5.32 Å². The van der Waals surface area contributed by atoms with Crippen molar-refractivity contribution in [3.05, 3.63) is 35.4 Å². The summed E-state index contributed by atoms with van der Waals surface area (Å²) >= 11 is 0. The molecule has 0 fully saturated rings. The summed E-state index contributed by atoms with van der Waals surface area (Å²) in [5, 5.41) is 11.1. The van der Waals surface area contributed by atoms with Gasteiger partial charge in [-0.1, -0.05) is 18.2 Å². The summed E-state index contributed by atoms with van der Waals surface area (Å²) in [6.45, 7) is 2.93. The van der Waals surface area contributed by atoms with E-state index >= 15 is 0 Å². The minimum Gasteiger partial charge on any atom is -0.395 e. The summed E-state index contributed by atoms with van der Waals surface area (Å²) in [7, 11) is 0. The number of nitrogens with one attached hydrogen (secondary N) is 1. The van der Waals surface area contributed by atoms with Crippen molar-refractivity contribution in [1.82, 2.24) is 5.32 Å². The highest BCUT2D eigenvalue weighted by atomic mass is 19.4. The fourth-order valence-corrected chi connectivity index (χ4v) is 1.61. The molecule has 0 aliphatic carbocycles. The van der Waals surface area contributed by atoms with E-state index in [-0.39, 0.29) is 18.7 Å². The molecule has 0 saturated heterocycles. The summed E-state index contributed by atoms with van der Waals surface area (Å²) in [6.07, 6.45) is -4.44. The van der Waals surface area contributed by atoms with Gasteiger partial charge in [0.15, 0.2) is 0 Å². The van der Waals surface area contributed by atoms with E-state index in [1.165, 1.54) is 26.0 Å². The van der Waals surface area contributed by atoms with Crippen molar-refractivity contribution in [3.8, 4) is 0 Å². The number of amides is 1. The van der Waals surface area contributed by atoms with Gasteiger partial charge < -0.3 is 10.4 Å². The summed E-state index contributed by atoms with van der Waals surface area (Å²) in [4.78, 5) is 11.9. The lowest BCUT2D eigenvalue weighted by atomic mass is 9.83. The molecular formula is C13H16F3NO2. The average molecular weight is 275 g/mol. The fourth-order valence-electron chi connectivity index (χ4n) is 1.61. The summed E-state index contributed by atoms with van der Waals surface area (Å²) in [5.41, 5.74) is -1.61. The molecule has 0 saturated carbocycles. The number of alkyl halides is 3. The topological polar surface area (TPSA) is 49.3 Å². The predicted molar refractivity (Wildman–Crippen MR) is 64.6 cm³/mol. The Balaban J connectivity index is 3.04. The molecule has 0 spiro atoms. The first kappa shape index (κ1) is 15.5. The van der Waals surface area contributed by atoms with Gasteiger partial charge in [0.25, 0.3) is 0 Å². The zero-order chi connectivity index (χ0) is 14.7. The second-order valence-electron chi connectivity index (χ2n) is 4.68. The van der Waals surface area contributed by atoms with Crippen molar-refractivity contribution in [3.63, 3.8) is 0 Å². The first-order valence-electron chi connectivity index (χ1n) is 5.76. The molecule has 1 aromatic carbocycles. The second-order valence-corrected chi connectivity index (χ2v) is 4.68. The molecule has 6 heteroatoms. The van der Waals surface area contributed by atoms with Crippen LogP contribution in [0.1, 0.15) is 25.0 Å². The number of carbonyl (C=O) groups excluding carboxylic acids is 1. The second kappa shape index (κ2) is 5.61. The Morgan fingerprint density at radius 1 is 1.26 bits per heavy atom. The molecule has 3 nitrogen and oxygen atoms in total. The quantitative estimate of drug-likeness (QED) is 0.884. The van der Waals surface area contributed by atoms with Gasteiger partial charge in [-0.15, -0.1) is 0 Å². The minimum atomic E-state index is -4.44. The van der Waals surface area contributed by atoms with Crippen LogP contribution in [-0.4, -0.2) is 24.2 Å². The lowest BCUT2D eigenvalue weighted by Crippen LogP contribution is -2.41. The number of rotatable bonds is 4. The summed E-state index contributed by atoms with van der Waals surface area (Å²) < 4.78 is 37.9. The van der Waals surface area contributed by atoms with Gasteiger partial charge in [-0.05, 0) is 25.5 Å². The SMILES string of the molecule is CC(C)(C(=O)NCCO)c1cccc(C(F)(F)F)c1. The van der Waals surface area contributed by atoms with Crippen molar-refractivity contribution >= 4 is 5.91 Å². The molecule has 1 amide bonds. The molecule has 0 aliphatic rings. The molecule has 106 valence electrons. The molecule has 0 atom stereocenters. The van der Waals surface area contributed by atoms with Crippen LogP contribution in [0.5, 0.6) is 0 Å². The van der Waals surface area contributed by atoms with Gasteiger partial charge in [-0.25, -0.2) is 0 Å². The van der Waals surface area contributed by atoms with Crippen LogP contribution in [0.2, 0.25) is 0 Å². The monoisotopic (exact) mass is 275 g/mol. The Morgan fingerprint density at radius 2 is 1.84 bits per heavy atom. The fraction of sp³-hybridized carbons (Fsp3) is 0.462. The molecule has 0 aliphatic heterocycles. The zero-order valence-corrected chi connectivity index (χ0v) is 10.7. The third-order valence-electron chi connectivity index (χ3n) is 2.88. The van der Waals surface area contributed by atoms with Crippen molar-refractivity contribution in [2.75, 3.05) is 13.2 Å². The lowest BCUT2D eigenvalue weighted by Gasteiger charge is -2.24. The standard InChI is InChI=1S/C13H16F3NO2/c1-12(2,11(19)17-6-7-18)9-4-3-5-10(8-9)13(14,15)16/h3-5,8,18H,6-7H2,1-2H3,(H,17,19). The summed E-state index contributed by atoms with van der Waals surface area (Å²) in [5.74, 6) is -0.430. The minimum absolute atomic E-state index is 0.0707. The highest BCUT2D eigenvalue weighted by Gasteiger charge is 2.34. The van der Waals surface area contributed by atoms with E-state index in [0.29, 0.717) is 0 Å². The first-order valence-corrected chi connectivity index (χ1v) is 5.76. The van der Waals surface area contributed by atoms with Crippen LogP contribution in [0.3, 0.4) is 0 Å². The third kappa shape index (κ3) is 3.70.